The number of nitrogens with zero attached hydrogens (tertiary/aromatic N) is 2. The van der Waals surface area contributed by atoms with E-state index in [0.29, 0.717) is 29.7 Å². The highest BCUT2D eigenvalue weighted by Gasteiger charge is 2.07. The van der Waals surface area contributed by atoms with Gasteiger partial charge < -0.3 is 15.2 Å². The van der Waals surface area contributed by atoms with Crippen LogP contribution in [0.2, 0.25) is 0 Å². The third-order valence-corrected chi connectivity index (χ3v) is 2.45. The number of thiocarbonyl (C=S) groups is 1. The van der Waals surface area contributed by atoms with E-state index in [2.05, 4.69) is 9.97 Å². The molecule has 0 aliphatic rings. The Kier molecular flexibility index (Phi) is 4.25. The maximum Gasteiger partial charge on any atom is 0.238 e. The number of hydrogen-bond acceptors (Lipinski definition) is 5. The van der Waals surface area contributed by atoms with E-state index in [1.165, 1.54) is 12.4 Å². The summed E-state index contributed by atoms with van der Waals surface area (Å²) in [6, 6.07) is 7.36. The molecule has 0 amide bonds. The lowest BCUT2D eigenvalue weighted by atomic mass is 10.3. The van der Waals surface area contributed by atoms with Crippen LogP contribution in [0.4, 0.5) is 0 Å². The Morgan fingerprint density at radius 2 is 1.95 bits per heavy atom. The standard InChI is InChI=1S/C13H13N3O2S/c1-2-17-10-5-3-4-6-11(10)18-12-8-15-9(7-16-12)13(14)19/h3-8H,2H2,1H3,(H2,14,19). The Labute approximate surface area is 116 Å². The third-order valence-electron chi connectivity index (χ3n) is 2.24. The van der Waals surface area contributed by atoms with Gasteiger partial charge in [-0.15, -0.1) is 0 Å². The smallest absolute Gasteiger partial charge is 0.238 e. The summed E-state index contributed by atoms with van der Waals surface area (Å²) in [7, 11) is 0. The first-order chi connectivity index (χ1) is 9.20. The Morgan fingerprint density at radius 3 is 2.53 bits per heavy atom. The number of nitrogens with two attached hydrogens (primary N) is 1. The fourth-order valence-corrected chi connectivity index (χ4v) is 1.52. The van der Waals surface area contributed by atoms with Gasteiger partial charge in [-0.05, 0) is 19.1 Å². The molecule has 5 nitrogen and oxygen atoms in total. The summed E-state index contributed by atoms with van der Waals surface area (Å²) in [5.41, 5.74) is 5.91. The summed E-state index contributed by atoms with van der Waals surface area (Å²) in [6.45, 7) is 2.47. The molecule has 0 saturated heterocycles. The first kappa shape index (κ1) is 13.2. The predicted molar refractivity (Wildman–Crippen MR) is 75.6 cm³/mol. The Morgan fingerprint density at radius 1 is 1.21 bits per heavy atom. The second-order valence-electron chi connectivity index (χ2n) is 3.59. The van der Waals surface area contributed by atoms with E-state index >= 15 is 0 Å². The first-order valence-corrected chi connectivity index (χ1v) is 6.13. The van der Waals surface area contributed by atoms with Crippen molar-refractivity contribution in [3.05, 3.63) is 42.4 Å². The number of rotatable bonds is 5. The van der Waals surface area contributed by atoms with Gasteiger partial charge in [-0.1, -0.05) is 24.4 Å². The van der Waals surface area contributed by atoms with E-state index < -0.39 is 0 Å². The fourth-order valence-electron chi connectivity index (χ4n) is 1.42. The molecule has 0 atom stereocenters. The topological polar surface area (TPSA) is 70.3 Å². The van der Waals surface area contributed by atoms with Gasteiger partial charge in [0.1, 0.15) is 10.7 Å². The van der Waals surface area contributed by atoms with Gasteiger partial charge in [0.2, 0.25) is 5.88 Å². The van der Waals surface area contributed by atoms with Crippen LogP contribution in [0.1, 0.15) is 12.6 Å². The molecule has 0 spiro atoms. The number of hydrogen-bond donors (Lipinski definition) is 1. The van der Waals surface area contributed by atoms with E-state index in [0.717, 1.165) is 0 Å². The van der Waals surface area contributed by atoms with Crippen LogP contribution in [0.15, 0.2) is 36.7 Å². The fraction of sp³-hybridized carbons (Fsp3) is 0.154. The minimum atomic E-state index is 0.203. The molecule has 0 saturated carbocycles. The molecule has 0 aliphatic carbocycles. The van der Waals surface area contributed by atoms with Crippen LogP contribution in [0.5, 0.6) is 17.4 Å². The van der Waals surface area contributed by atoms with E-state index in [4.69, 9.17) is 27.4 Å². The maximum atomic E-state index is 5.61. The molecule has 1 heterocycles. The van der Waals surface area contributed by atoms with Crippen LogP contribution in [-0.2, 0) is 0 Å². The summed E-state index contributed by atoms with van der Waals surface area (Å²) < 4.78 is 11.1. The van der Waals surface area contributed by atoms with Crippen molar-refractivity contribution in [3.63, 3.8) is 0 Å². The number of ether oxygens (including phenoxy) is 2. The third kappa shape index (κ3) is 3.38. The van der Waals surface area contributed by atoms with Crippen molar-refractivity contribution in [3.8, 4) is 17.4 Å². The number of aromatic nitrogens is 2. The Bertz CT molecular complexity index is 572. The molecule has 0 bridgehead atoms. The second-order valence-corrected chi connectivity index (χ2v) is 4.03. The minimum absolute atomic E-state index is 0.203. The van der Waals surface area contributed by atoms with Gasteiger partial charge >= 0.3 is 0 Å². The van der Waals surface area contributed by atoms with Gasteiger partial charge in [0.05, 0.1) is 19.0 Å². The summed E-state index contributed by atoms with van der Waals surface area (Å²) >= 11 is 4.80. The molecule has 0 aliphatic heterocycles. The molecular formula is C13H13N3O2S. The van der Waals surface area contributed by atoms with Crippen LogP contribution in [0.25, 0.3) is 0 Å². The zero-order chi connectivity index (χ0) is 13.7. The van der Waals surface area contributed by atoms with Crippen molar-refractivity contribution in [2.45, 2.75) is 6.92 Å². The highest BCUT2D eigenvalue weighted by atomic mass is 32.1. The molecule has 0 fully saturated rings. The zero-order valence-corrected chi connectivity index (χ0v) is 11.2. The van der Waals surface area contributed by atoms with Crippen LogP contribution in [0.3, 0.4) is 0 Å². The lowest BCUT2D eigenvalue weighted by molar-refractivity contribution is 0.319. The molecule has 2 aromatic rings. The van der Waals surface area contributed by atoms with Crippen LogP contribution < -0.4 is 15.2 Å². The van der Waals surface area contributed by atoms with Crippen molar-refractivity contribution >= 4 is 17.2 Å². The van der Waals surface area contributed by atoms with E-state index in [-0.39, 0.29) is 4.99 Å². The highest BCUT2D eigenvalue weighted by Crippen LogP contribution is 2.29. The summed E-state index contributed by atoms with van der Waals surface area (Å²) in [5.74, 6) is 1.60. The van der Waals surface area contributed by atoms with E-state index in [1.54, 1.807) is 6.07 Å². The quantitative estimate of drug-likeness (QED) is 0.844. The van der Waals surface area contributed by atoms with Crippen LogP contribution >= 0.6 is 12.2 Å². The normalized spacial score (nSPS) is 9.95. The first-order valence-electron chi connectivity index (χ1n) is 5.72. The van der Waals surface area contributed by atoms with Crippen molar-refractivity contribution in [2.24, 2.45) is 5.73 Å². The van der Waals surface area contributed by atoms with Crippen molar-refractivity contribution in [2.75, 3.05) is 6.61 Å². The molecule has 0 radical (unpaired) electrons. The van der Waals surface area contributed by atoms with Crippen LogP contribution in [-0.4, -0.2) is 21.6 Å². The molecular weight excluding hydrogens is 262 g/mol. The SMILES string of the molecule is CCOc1ccccc1Oc1cnc(C(N)=S)cn1. The number of benzene rings is 1. The van der Waals surface area contributed by atoms with Crippen LogP contribution in [0, 0.1) is 0 Å². The average Bonchev–Trinajstić information content (AvgIpc) is 2.42. The van der Waals surface area contributed by atoms with Gasteiger partial charge in [-0.25, -0.2) is 9.97 Å². The molecule has 0 unspecified atom stereocenters. The molecule has 2 rings (SSSR count). The lowest BCUT2D eigenvalue weighted by Crippen LogP contribution is -2.11. The van der Waals surface area contributed by atoms with Gasteiger partial charge in [0.15, 0.2) is 11.5 Å². The summed E-state index contributed by atoms with van der Waals surface area (Å²) in [4.78, 5) is 8.35. The van der Waals surface area contributed by atoms with Gasteiger partial charge in [0.25, 0.3) is 0 Å². The maximum absolute atomic E-state index is 5.61. The average molecular weight is 275 g/mol. The summed E-state index contributed by atoms with van der Waals surface area (Å²) in [6.07, 6.45) is 2.94. The van der Waals surface area contributed by atoms with Crippen molar-refractivity contribution < 1.29 is 9.47 Å². The summed E-state index contributed by atoms with van der Waals surface area (Å²) in [5, 5.41) is 0. The molecule has 1 aromatic carbocycles. The second kappa shape index (κ2) is 6.10. The van der Waals surface area contributed by atoms with Crippen molar-refractivity contribution in [1.82, 2.24) is 9.97 Å². The monoisotopic (exact) mass is 275 g/mol. The van der Waals surface area contributed by atoms with Crippen molar-refractivity contribution in [1.29, 1.82) is 0 Å². The van der Waals surface area contributed by atoms with E-state index in [9.17, 15) is 0 Å². The predicted octanol–water partition coefficient (Wildman–Crippen LogP) is 2.30. The lowest BCUT2D eigenvalue weighted by Gasteiger charge is -2.10. The molecule has 6 heteroatoms. The minimum Gasteiger partial charge on any atom is -0.490 e. The van der Waals surface area contributed by atoms with Gasteiger partial charge in [-0.3, -0.25) is 0 Å². The molecule has 19 heavy (non-hydrogen) atoms. The molecule has 1 aromatic heterocycles. The number of para-hydroxylation sites is 2. The largest absolute Gasteiger partial charge is 0.490 e. The Hall–Kier alpha value is -2.21. The van der Waals surface area contributed by atoms with E-state index in [1.807, 2.05) is 25.1 Å². The molecule has 98 valence electrons. The highest BCUT2D eigenvalue weighted by molar-refractivity contribution is 7.80. The Balaban J connectivity index is 2.19. The van der Waals surface area contributed by atoms with Gasteiger partial charge in [-0.2, -0.15) is 0 Å². The van der Waals surface area contributed by atoms with Gasteiger partial charge in [0, 0.05) is 0 Å². The zero-order valence-electron chi connectivity index (χ0n) is 10.4. The molecule has 2 N–H and O–H groups in total.